The van der Waals surface area contributed by atoms with Crippen LogP contribution in [-0.2, 0) is 47.0 Å². The number of aryl methyl sites for hydroxylation is 2. The van der Waals surface area contributed by atoms with E-state index in [1.807, 2.05) is 64.0 Å². The highest BCUT2D eigenvalue weighted by Crippen LogP contribution is 2.29. The summed E-state index contributed by atoms with van der Waals surface area (Å²) in [6, 6.07) is 17.1. The lowest BCUT2D eigenvalue weighted by Crippen LogP contribution is -2.17. The Morgan fingerprint density at radius 1 is 0.891 bits per heavy atom. The van der Waals surface area contributed by atoms with Crippen molar-refractivity contribution in [2.75, 3.05) is 13.2 Å². The van der Waals surface area contributed by atoms with Crippen molar-refractivity contribution in [3.05, 3.63) is 112 Å². The molecule has 2 aromatic carbocycles. The molecule has 0 saturated heterocycles. The van der Waals surface area contributed by atoms with Crippen molar-refractivity contribution in [2.24, 2.45) is 5.16 Å². The van der Waals surface area contributed by atoms with Crippen molar-refractivity contribution >= 4 is 18.4 Å². The lowest BCUT2D eigenvalue weighted by molar-refractivity contribution is -0.00218. The number of aromatic hydroxyl groups is 1. The Morgan fingerprint density at radius 3 is 2.54 bits per heavy atom. The van der Waals surface area contributed by atoms with Gasteiger partial charge in [-0.1, -0.05) is 95.2 Å². The Labute approximate surface area is 268 Å². The molecule has 0 fully saturated rings. The zero-order valence-corrected chi connectivity index (χ0v) is 25.8. The van der Waals surface area contributed by atoms with Crippen LogP contribution in [0, 0.1) is 0 Å². The van der Waals surface area contributed by atoms with Gasteiger partial charge in [0, 0.05) is 0 Å². The summed E-state index contributed by atoms with van der Waals surface area (Å²) in [6.07, 6.45) is 16.7. The van der Waals surface area contributed by atoms with Gasteiger partial charge in [-0.3, -0.25) is 0 Å². The average molecular weight is 622 g/mol. The fraction of sp³-hybridized carbons (Fsp3) is 0.343. The number of hydrogen-bond acceptors (Lipinski definition) is 9. The minimum atomic E-state index is -0.123. The molecule has 0 spiro atoms. The van der Waals surface area contributed by atoms with Gasteiger partial charge in [-0.2, -0.15) is 0 Å². The second kappa shape index (κ2) is 15.9. The van der Waals surface area contributed by atoms with Crippen molar-refractivity contribution in [1.29, 1.82) is 0 Å². The predicted molar refractivity (Wildman–Crippen MR) is 175 cm³/mol. The van der Waals surface area contributed by atoms with E-state index in [0.717, 1.165) is 71.6 Å². The van der Waals surface area contributed by atoms with E-state index in [-0.39, 0.29) is 11.9 Å². The molecular formula is C35H39N7O4. The number of phenols is 1. The standard InChI is InChI=1S/C35H39N7O4/c43-30-17-14-29(15-18-30)25-44-26-31-32(19-16-27-8-3-1-4-9-27)41(39-37-31)20-21-42-33-12-5-2-6-13-34(35(33)38-40-42)45-22-23-46-36-24-28-10-7-11-28/h1,3-4,7-11,14-19,24,34,43H,2,5-6,12-13,20-23,25-26H2/b19-16+,36-24+. The summed E-state index contributed by atoms with van der Waals surface area (Å²) in [5.41, 5.74) is 6.76. The minimum absolute atomic E-state index is 0.123. The summed E-state index contributed by atoms with van der Waals surface area (Å²) in [4.78, 5) is 5.37. The topological polar surface area (TPSA) is 122 Å². The Hall–Kier alpha value is -4.87. The maximum atomic E-state index is 9.56. The molecule has 11 nitrogen and oxygen atoms in total. The van der Waals surface area contributed by atoms with Crippen LogP contribution in [0.5, 0.6) is 5.75 Å². The molecule has 11 heteroatoms. The van der Waals surface area contributed by atoms with Crippen molar-refractivity contribution in [2.45, 2.75) is 64.5 Å². The highest BCUT2D eigenvalue weighted by molar-refractivity contribution is 5.85. The Morgan fingerprint density at radius 2 is 1.72 bits per heavy atom. The molecule has 2 aliphatic carbocycles. The molecule has 1 atom stereocenters. The molecule has 6 rings (SSSR count). The van der Waals surface area contributed by atoms with Crippen molar-refractivity contribution in [3.63, 3.8) is 0 Å². The van der Waals surface area contributed by atoms with Gasteiger partial charge in [-0.05, 0) is 54.2 Å². The third-order valence-electron chi connectivity index (χ3n) is 7.95. The molecule has 0 saturated carbocycles. The van der Waals surface area contributed by atoms with Gasteiger partial charge in [0.1, 0.15) is 29.8 Å². The third-order valence-corrected chi connectivity index (χ3v) is 7.95. The number of fused-ring (bicyclic) bond motifs is 1. The van der Waals surface area contributed by atoms with E-state index in [0.29, 0.717) is 39.5 Å². The van der Waals surface area contributed by atoms with Crippen LogP contribution >= 0.6 is 0 Å². The molecular weight excluding hydrogens is 582 g/mol. The van der Waals surface area contributed by atoms with Crippen LogP contribution in [-0.4, -0.2) is 54.5 Å². The summed E-state index contributed by atoms with van der Waals surface area (Å²) in [5, 5.41) is 31.7. The van der Waals surface area contributed by atoms with E-state index in [4.69, 9.17) is 14.3 Å². The van der Waals surface area contributed by atoms with Crippen LogP contribution in [0.4, 0.5) is 0 Å². The number of aromatic nitrogens is 6. The van der Waals surface area contributed by atoms with E-state index in [1.165, 1.54) is 0 Å². The molecule has 1 unspecified atom stereocenters. The number of phenolic OH excluding ortho intramolecular Hbond substituents is 1. The lowest BCUT2D eigenvalue weighted by atomic mass is 9.99. The fourth-order valence-corrected chi connectivity index (χ4v) is 5.40. The summed E-state index contributed by atoms with van der Waals surface area (Å²) in [6.45, 7) is 2.67. The second-order valence-corrected chi connectivity index (χ2v) is 11.2. The molecule has 0 radical (unpaired) electrons. The summed E-state index contributed by atoms with van der Waals surface area (Å²) >= 11 is 0. The van der Waals surface area contributed by atoms with Crippen molar-refractivity contribution < 1.29 is 19.4 Å². The van der Waals surface area contributed by atoms with E-state index in [2.05, 4.69) is 44.0 Å². The first kappa shape index (κ1) is 31.1. The first-order chi connectivity index (χ1) is 22.7. The van der Waals surface area contributed by atoms with Gasteiger partial charge in [-0.15, -0.1) is 10.2 Å². The molecule has 1 N–H and O–H groups in total. The van der Waals surface area contributed by atoms with E-state index in [9.17, 15) is 5.11 Å². The summed E-state index contributed by atoms with van der Waals surface area (Å²) in [5.74, 6) is 0.231. The number of benzene rings is 2. The van der Waals surface area contributed by atoms with Crippen LogP contribution in [0.25, 0.3) is 12.2 Å². The normalized spacial score (nSPS) is 16.3. The third kappa shape index (κ3) is 8.43. The monoisotopic (exact) mass is 621 g/mol. The lowest BCUT2D eigenvalue weighted by Gasteiger charge is -2.20. The van der Waals surface area contributed by atoms with Crippen molar-refractivity contribution in [3.8, 4) is 5.75 Å². The van der Waals surface area contributed by atoms with Gasteiger partial charge < -0.3 is 19.4 Å². The SMILES string of the molecule is Oc1ccc(COCc2nnn(CCn3nnc4c3CCCCCC4OCCO/N=C/C3=CC=C3)c2/C=C/c2ccccc2)cc1. The Balaban J connectivity index is 1.11. The molecule has 238 valence electrons. The number of ether oxygens (including phenoxy) is 2. The fourth-order valence-electron chi connectivity index (χ4n) is 5.40. The predicted octanol–water partition coefficient (Wildman–Crippen LogP) is 5.84. The number of allylic oxidation sites excluding steroid dienone is 4. The van der Waals surface area contributed by atoms with Gasteiger partial charge in [0.2, 0.25) is 0 Å². The van der Waals surface area contributed by atoms with Crippen LogP contribution in [0.2, 0.25) is 0 Å². The second-order valence-electron chi connectivity index (χ2n) is 11.2. The molecule has 46 heavy (non-hydrogen) atoms. The van der Waals surface area contributed by atoms with Gasteiger partial charge in [0.25, 0.3) is 0 Å². The van der Waals surface area contributed by atoms with Crippen molar-refractivity contribution in [1.82, 2.24) is 30.0 Å². The first-order valence-corrected chi connectivity index (χ1v) is 15.8. The zero-order chi connectivity index (χ0) is 31.4. The molecule has 2 aliphatic rings. The van der Waals surface area contributed by atoms with Gasteiger partial charge >= 0.3 is 0 Å². The summed E-state index contributed by atoms with van der Waals surface area (Å²) in [7, 11) is 0. The molecule has 0 bridgehead atoms. The van der Waals surface area contributed by atoms with Crippen LogP contribution in [0.1, 0.15) is 65.7 Å². The molecule has 0 amide bonds. The molecule has 2 heterocycles. The minimum Gasteiger partial charge on any atom is -0.508 e. The number of hydrogen-bond donors (Lipinski definition) is 1. The number of rotatable bonds is 15. The number of oxime groups is 1. The Bertz CT molecular complexity index is 1670. The first-order valence-electron chi connectivity index (χ1n) is 15.8. The Kier molecular flexibility index (Phi) is 10.8. The average Bonchev–Trinajstić information content (AvgIpc) is 3.63. The maximum absolute atomic E-state index is 9.56. The smallest absolute Gasteiger partial charge is 0.140 e. The highest BCUT2D eigenvalue weighted by atomic mass is 16.6. The number of nitrogens with zero attached hydrogens (tertiary/aromatic N) is 7. The maximum Gasteiger partial charge on any atom is 0.140 e. The zero-order valence-electron chi connectivity index (χ0n) is 25.8. The molecule has 4 aromatic rings. The van der Waals surface area contributed by atoms with Gasteiger partial charge in [0.15, 0.2) is 0 Å². The molecule has 0 aliphatic heterocycles. The van der Waals surface area contributed by atoms with Crippen LogP contribution < -0.4 is 0 Å². The largest absolute Gasteiger partial charge is 0.508 e. The van der Waals surface area contributed by atoms with Gasteiger partial charge in [-0.25, -0.2) is 9.36 Å². The van der Waals surface area contributed by atoms with E-state index >= 15 is 0 Å². The van der Waals surface area contributed by atoms with E-state index in [1.54, 1.807) is 18.3 Å². The van der Waals surface area contributed by atoms with Crippen LogP contribution in [0.15, 0.2) is 83.6 Å². The summed E-state index contributed by atoms with van der Waals surface area (Å²) < 4.78 is 16.1. The molecule has 2 aromatic heterocycles. The quantitative estimate of drug-likeness (QED) is 0.0999. The van der Waals surface area contributed by atoms with Gasteiger partial charge in [0.05, 0.1) is 50.5 Å². The van der Waals surface area contributed by atoms with E-state index < -0.39 is 0 Å². The highest BCUT2D eigenvalue weighted by Gasteiger charge is 2.24. The van der Waals surface area contributed by atoms with Crippen LogP contribution in [0.3, 0.4) is 0 Å².